The molecule has 94 valence electrons. The van der Waals surface area contributed by atoms with Gasteiger partial charge in [-0.3, -0.25) is 0 Å². The number of imidazole rings is 1. The molecule has 0 spiro atoms. The van der Waals surface area contributed by atoms with E-state index in [2.05, 4.69) is 4.98 Å². The van der Waals surface area contributed by atoms with Crippen LogP contribution in [-0.4, -0.2) is 16.2 Å². The van der Waals surface area contributed by atoms with E-state index in [0.717, 1.165) is 29.7 Å². The van der Waals surface area contributed by atoms with Gasteiger partial charge in [-0.25, -0.2) is 4.98 Å². The van der Waals surface area contributed by atoms with Crippen molar-refractivity contribution in [2.24, 2.45) is 13.0 Å². The Hall–Kier alpha value is -1.97. The standard InChI is InChI=1S/C14H17N3O/c1-17-7-6-16-14(17)11-4-5-13(12(15)8-11)18-9-10-2-3-10/h4-8,10H,2-3,9,15H2,1H3. The summed E-state index contributed by atoms with van der Waals surface area (Å²) in [5.41, 5.74) is 7.71. The SMILES string of the molecule is Cn1ccnc1-c1ccc(OCC2CC2)c(N)c1. The maximum atomic E-state index is 6.02. The Bertz CT molecular complexity index is 558. The molecule has 1 heterocycles. The molecule has 0 atom stereocenters. The van der Waals surface area contributed by atoms with E-state index in [4.69, 9.17) is 10.5 Å². The molecule has 1 aliphatic rings. The highest BCUT2D eigenvalue weighted by Gasteiger charge is 2.22. The molecule has 0 aliphatic heterocycles. The van der Waals surface area contributed by atoms with Crippen molar-refractivity contribution in [1.82, 2.24) is 9.55 Å². The molecule has 4 nitrogen and oxygen atoms in total. The molecule has 1 aromatic heterocycles. The van der Waals surface area contributed by atoms with Gasteiger partial charge < -0.3 is 15.0 Å². The van der Waals surface area contributed by atoms with Crippen LogP contribution < -0.4 is 10.5 Å². The highest BCUT2D eigenvalue weighted by Crippen LogP contribution is 2.32. The second-order valence-corrected chi connectivity index (χ2v) is 4.87. The van der Waals surface area contributed by atoms with E-state index >= 15 is 0 Å². The molecule has 18 heavy (non-hydrogen) atoms. The van der Waals surface area contributed by atoms with Gasteiger partial charge in [0.05, 0.1) is 12.3 Å². The smallest absolute Gasteiger partial charge is 0.142 e. The van der Waals surface area contributed by atoms with Gasteiger partial charge in [0, 0.05) is 25.0 Å². The number of ether oxygens (including phenoxy) is 1. The van der Waals surface area contributed by atoms with Crippen molar-refractivity contribution in [3.8, 4) is 17.1 Å². The summed E-state index contributed by atoms with van der Waals surface area (Å²) in [6, 6.07) is 5.85. The quantitative estimate of drug-likeness (QED) is 0.839. The fraction of sp³-hybridized carbons (Fsp3) is 0.357. The van der Waals surface area contributed by atoms with Crippen LogP contribution in [0.2, 0.25) is 0 Å². The van der Waals surface area contributed by atoms with E-state index in [1.54, 1.807) is 6.20 Å². The fourth-order valence-electron chi connectivity index (χ4n) is 1.95. The normalized spacial score (nSPS) is 14.7. The number of rotatable bonds is 4. The van der Waals surface area contributed by atoms with Crippen LogP contribution in [0.5, 0.6) is 5.75 Å². The van der Waals surface area contributed by atoms with Crippen molar-refractivity contribution >= 4 is 5.69 Å². The van der Waals surface area contributed by atoms with Crippen molar-refractivity contribution < 1.29 is 4.74 Å². The molecule has 0 saturated heterocycles. The van der Waals surface area contributed by atoms with Gasteiger partial charge in [-0.1, -0.05) is 0 Å². The Morgan fingerprint density at radius 2 is 2.28 bits per heavy atom. The zero-order valence-electron chi connectivity index (χ0n) is 10.5. The number of aromatic nitrogens is 2. The van der Waals surface area contributed by atoms with Crippen molar-refractivity contribution in [3.63, 3.8) is 0 Å². The Labute approximate surface area is 106 Å². The molecule has 4 heteroatoms. The number of aryl methyl sites for hydroxylation is 1. The second-order valence-electron chi connectivity index (χ2n) is 4.87. The average Bonchev–Trinajstić information content (AvgIpc) is 3.09. The van der Waals surface area contributed by atoms with Gasteiger partial charge in [0.2, 0.25) is 0 Å². The first kappa shape index (κ1) is 11.1. The minimum Gasteiger partial charge on any atom is -0.491 e. The molecule has 0 amide bonds. The van der Waals surface area contributed by atoms with Crippen molar-refractivity contribution in [2.45, 2.75) is 12.8 Å². The molecule has 0 unspecified atom stereocenters. The van der Waals surface area contributed by atoms with E-state index in [9.17, 15) is 0 Å². The average molecular weight is 243 g/mol. The van der Waals surface area contributed by atoms with Gasteiger partial charge in [0.25, 0.3) is 0 Å². The number of nitrogens with zero attached hydrogens (tertiary/aromatic N) is 2. The van der Waals surface area contributed by atoms with Crippen LogP contribution in [0.15, 0.2) is 30.6 Å². The number of nitrogens with two attached hydrogens (primary N) is 1. The molecule has 3 rings (SSSR count). The second kappa shape index (κ2) is 4.37. The minimum absolute atomic E-state index is 0.677. The zero-order chi connectivity index (χ0) is 12.5. The van der Waals surface area contributed by atoms with E-state index in [1.165, 1.54) is 12.8 Å². The highest BCUT2D eigenvalue weighted by atomic mass is 16.5. The number of nitrogen functional groups attached to an aromatic ring is 1. The first-order valence-corrected chi connectivity index (χ1v) is 6.24. The lowest BCUT2D eigenvalue weighted by Gasteiger charge is -2.10. The maximum absolute atomic E-state index is 6.02. The zero-order valence-corrected chi connectivity index (χ0v) is 10.5. The summed E-state index contributed by atoms with van der Waals surface area (Å²) in [7, 11) is 1.97. The molecule has 2 aromatic rings. The Kier molecular flexibility index (Phi) is 2.70. The summed E-state index contributed by atoms with van der Waals surface area (Å²) in [4.78, 5) is 4.31. The van der Waals surface area contributed by atoms with Crippen molar-refractivity contribution in [3.05, 3.63) is 30.6 Å². The number of anilines is 1. The first-order chi connectivity index (χ1) is 8.74. The highest BCUT2D eigenvalue weighted by molar-refractivity contribution is 5.66. The Morgan fingerprint density at radius 1 is 1.44 bits per heavy atom. The molecule has 1 fully saturated rings. The Morgan fingerprint density at radius 3 is 2.89 bits per heavy atom. The van der Waals surface area contributed by atoms with Crippen LogP contribution in [0.3, 0.4) is 0 Å². The third kappa shape index (κ3) is 2.18. The summed E-state index contributed by atoms with van der Waals surface area (Å²) >= 11 is 0. The molecule has 0 radical (unpaired) electrons. The molecular weight excluding hydrogens is 226 g/mol. The van der Waals surface area contributed by atoms with Crippen LogP contribution in [0.4, 0.5) is 5.69 Å². The van der Waals surface area contributed by atoms with Gasteiger partial charge in [-0.2, -0.15) is 0 Å². The largest absolute Gasteiger partial charge is 0.491 e. The molecule has 2 N–H and O–H groups in total. The number of benzene rings is 1. The molecule has 0 bridgehead atoms. The van der Waals surface area contributed by atoms with Crippen LogP contribution in [0.1, 0.15) is 12.8 Å². The number of hydrogen-bond donors (Lipinski definition) is 1. The lowest BCUT2D eigenvalue weighted by Crippen LogP contribution is -2.02. The van der Waals surface area contributed by atoms with Crippen LogP contribution in [0.25, 0.3) is 11.4 Å². The van der Waals surface area contributed by atoms with Crippen molar-refractivity contribution in [2.75, 3.05) is 12.3 Å². The summed E-state index contributed by atoms with van der Waals surface area (Å²) in [6.07, 6.45) is 6.27. The maximum Gasteiger partial charge on any atom is 0.142 e. The molecule has 1 saturated carbocycles. The van der Waals surface area contributed by atoms with Gasteiger partial charge in [0.15, 0.2) is 0 Å². The van der Waals surface area contributed by atoms with Gasteiger partial charge >= 0.3 is 0 Å². The predicted molar refractivity (Wildman–Crippen MR) is 71.3 cm³/mol. The van der Waals surface area contributed by atoms with Crippen LogP contribution in [-0.2, 0) is 7.05 Å². The van der Waals surface area contributed by atoms with Gasteiger partial charge in [-0.15, -0.1) is 0 Å². The van der Waals surface area contributed by atoms with Gasteiger partial charge in [-0.05, 0) is 37.0 Å². The monoisotopic (exact) mass is 243 g/mol. The van der Waals surface area contributed by atoms with Crippen LogP contribution >= 0.6 is 0 Å². The minimum atomic E-state index is 0.677. The summed E-state index contributed by atoms with van der Waals surface area (Å²) in [5, 5.41) is 0. The fourth-order valence-corrected chi connectivity index (χ4v) is 1.95. The Balaban J connectivity index is 1.81. The summed E-state index contributed by atoms with van der Waals surface area (Å²) < 4.78 is 7.68. The third-order valence-corrected chi connectivity index (χ3v) is 3.26. The van der Waals surface area contributed by atoms with Crippen LogP contribution in [0, 0.1) is 5.92 Å². The molecule has 1 aromatic carbocycles. The van der Waals surface area contributed by atoms with E-state index in [1.807, 2.05) is 36.0 Å². The first-order valence-electron chi connectivity index (χ1n) is 6.24. The van der Waals surface area contributed by atoms with E-state index in [0.29, 0.717) is 5.69 Å². The third-order valence-electron chi connectivity index (χ3n) is 3.26. The predicted octanol–water partition coefficient (Wildman–Crippen LogP) is 2.46. The summed E-state index contributed by atoms with van der Waals surface area (Å²) in [6.45, 7) is 0.784. The number of hydrogen-bond acceptors (Lipinski definition) is 3. The van der Waals surface area contributed by atoms with E-state index in [-0.39, 0.29) is 0 Å². The molecule has 1 aliphatic carbocycles. The topological polar surface area (TPSA) is 53.1 Å². The summed E-state index contributed by atoms with van der Waals surface area (Å²) in [5.74, 6) is 2.42. The lowest BCUT2D eigenvalue weighted by molar-refractivity contribution is 0.301. The van der Waals surface area contributed by atoms with E-state index < -0.39 is 0 Å². The van der Waals surface area contributed by atoms with Crippen molar-refractivity contribution in [1.29, 1.82) is 0 Å². The lowest BCUT2D eigenvalue weighted by atomic mass is 10.2. The molecular formula is C14H17N3O. The van der Waals surface area contributed by atoms with Gasteiger partial charge in [0.1, 0.15) is 11.6 Å².